The van der Waals surface area contributed by atoms with Crippen LogP contribution in [0.5, 0.6) is 0 Å². The van der Waals surface area contributed by atoms with Crippen molar-refractivity contribution in [1.82, 2.24) is 0 Å². The van der Waals surface area contributed by atoms with Crippen LogP contribution in [0, 0.1) is 25.7 Å². The van der Waals surface area contributed by atoms with Gasteiger partial charge in [0.1, 0.15) is 11.7 Å². The minimum atomic E-state index is -0.557. The third-order valence-electron chi connectivity index (χ3n) is 5.14. The van der Waals surface area contributed by atoms with Crippen LogP contribution in [0.15, 0.2) is 18.2 Å². The van der Waals surface area contributed by atoms with Crippen molar-refractivity contribution >= 4 is 11.9 Å². The fraction of sp³-hybridized carbons (Fsp3) is 0.667. The zero-order chi connectivity index (χ0) is 21.6. The zero-order valence-electron chi connectivity index (χ0n) is 19.1. The Morgan fingerprint density at radius 3 is 2.18 bits per heavy atom. The molecule has 0 aromatic heterocycles. The molecule has 0 heterocycles. The molecule has 0 aliphatic heterocycles. The Morgan fingerprint density at radius 2 is 1.68 bits per heavy atom. The highest BCUT2D eigenvalue weighted by Gasteiger charge is 2.31. The number of rotatable bonds is 8. The highest BCUT2D eigenvalue weighted by Crippen LogP contribution is 2.34. The van der Waals surface area contributed by atoms with Crippen molar-refractivity contribution in [3.8, 4) is 0 Å². The van der Waals surface area contributed by atoms with Crippen LogP contribution in [-0.2, 0) is 19.1 Å². The van der Waals surface area contributed by atoms with Crippen LogP contribution < -0.4 is 0 Å². The molecule has 1 aromatic rings. The van der Waals surface area contributed by atoms with Crippen molar-refractivity contribution in [3.05, 3.63) is 34.9 Å². The number of benzene rings is 1. The van der Waals surface area contributed by atoms with Gasteiger partial charge in [-0.3, -0.25) is 9.59 Å². The first-order chi connectivity index (χ1) is 12.9. The Balaban J connectivity index is 2.88. The summed E-state index contributed by atoms with van der Waals surface area (Å²) in [6.45, 7) is 17.7. The quantitative estimate of drug-likeness (QED) is 0.532. The van der Waals surface area contributed by atoms with Gasteiger partial charge in [0.15, 0.2) is 0 Å². The maximum atomic E-state index is 12.6. The van der Waals surface area contributed by atoms with E-state index in [1.807, 2.05) is 27.7 Å². The molecule has 0 bridgehead atoms. The second-order valence-corrected chi connectivity index (χ2v) is 9.10. The summed E-state index contributed by atoms with van der Waals surface area (Å²) in [5, 5.41) is 0. The second kappa shape index (κ2) is 10.1. The first-order valence-corrected chi connectivity index (χ1v) is 10.3. The van der Waals surface area contributed by atoms with Crippen LogP contribution >= 0.6 is 0 Å². The largest absolute Gasteiger partial charge is 0.462 e. The zero-order valence-corrected chi connectivity index (χ0v) is 19.1. The van der Waals surface area contributed by atoms with Gasteiger partial charge in [0.2, 0.25) is 0 Å². The van der Waals surface area contributed by atoms with E-state index in [4.69, 9.17) is 9.47 Å². The first kappa shape index (κ1) is 24.2. The Hall–Kier alpha value is -1.84. The van der Waals surface area contributed by atoms with Gasteiger partial charge in [-0.1, -0.05) is 51.0 Å². The molecule has 0 amide bonds. The molecule has 0 saturated heterocycles. The third-order valence-corrected chi connectivity index (χ3v) is 5.14. The van der Waals surface area contributed by atoms with Gasteiger partial charge in [0, 0.05) is 5.92 Å². The molecule has 0 fully saturated rings. The summed E-state index contributed by atoms with van der Waals surface area (Å²) in [6.07, 6.45) is 0.748. The van der Waals surface area contributed by atoms with Crippen LogP contribution in [0.2, 0.25) is 0 Å². The number of aryl methyl sites for hydroxylation is 2. The van der Waals surface area contributed by atoms with E-state index >= 15 is 0 Å². The SMILES string of the molecule is CCC(C)[C@H](c1ccc(C)cc1C)[C@H](C)OC(=O)[C@H](C)CC(=O)OC(C)(C)C. The average molecular weight is 391 g/mol. The third kappa shape index (κ3) is 7.29. The normalized spacial score (nSPS) is 16.0. The molecule has 0 aliphatic carbocycles. The van der Waals surface area contributed by atoms with Gasteiger partial charge in [0.25, 0.3) is 0 Å². The van der Waals surface area contributed by atoms with Gasteiger partial charge in [-0.15, -0.1) is 0 Å². The van der Waals surface area contributed by atoms with Crippen LogP contribution in [0.4, 0.5) is 0 Å². The van der Waals surface area contributed by atoms with E-state index in [0.717, 1.165) is 6.42 Å². The maximum absolute atomic E-state index is 12.6. The Morgan fingerprint density at radius 1 is 1.07 bits per heavy atom. The van der Waals surface area contributed by atoms with E-state index in [1.165, 1.54) is 16.7 Å². The summed E-state index contributed by atoms with van der Waals surface area (Å²) >= 11 is 0. The van der Waals surface area contributed by atoms with Crippen molar-refractivity contribution in [1.29, 1.82) is 0 Å². The van der Waals surface area contributed by atoms with Crippen molar-refractivity contribution in [2.24, 2.45) is 11.8 Å². The van der Waals surface area contributed by atoms with Crippen LogP contribution in [0.25, 0.3) is 0 Å². The van der Waals surface area contributed by atoms with Gasteiger partial charge < -0.3 is 9.47 Å². The fourth-order valence-electron chi connectivity index (χ4n) is 3.56. The molecule has 4 nitrogen and oxygen atoms in total. The van der Waals surface area contributed by atoms with Crippen molar-refractivity contribution in [3.63, 3.8) is 0 Å². The molecule has 1 aromatic carbocycles. The minimum Gasteiger partial charge on any atom is -0.462 e. The van der Waals surface area contributed by atoms with Gasteiger partial charge in [-0.05, 0) is 58.6 Å². The minimum absolute atomic E-state index is 0.0282. The molecule has 4 heteroatoms. The lowest BCUT2D eigenvalue weighted by molar-refractivity contribution is -0.163. The average Bonchev–Trinajstić information content (AvgIpc) is 2.54. The van der Waals surface area contributed by atoms with Crippen LogP contribution in [0.1, 0.15) is 83.9 Å². The summed E-state index contributed by atoms with van der Waals surface area (Å²) < 4.78 is 11.1. The van der Waals surface area contributed by atoms with Gasteiger partial charge in [-0.25, -0.2) is 0 Å². The molecular weight excluding hydrogens is 352 g/mol. The Labute approximate surface area is 171 Å². The van der Waals surface area contributed by atoms with E-state index < -0.39 is 11.5 Å². The van der Waals surface area contributed by atoms with Crippen molar-refractivity contribution in [2.75, 3.05) is 0 Å². The number of hydrogen-bond donors (Lipinski definition) is 0. The highest BCUT2D eigenvalue weighted by molar-refractivity contribution is 5.80. The molecule has 28 heavy (non-hydrogen) atoms. The van der Waals surface area contributed by atoms with Crippen LogP contribution in [-0.4, -0.2) is 23.6 Å². The van der Waals surface area contributed by atoms with E-state index in [0.29, 0.717) is 5.92 Å². The smallest absolute Gasteiger partial charge is 0.309 e. The topological polar surface area (TPSA) is 52.6 Å². The monoisotopic (exact) mass is 390 g/mol. The summed E-state index contributed by atoms with van der Waals surface area (Å²) in [7, 11) is 0. The second-order valence-electron chi connectivity index (χ2n) is 9.10. The molecule has 0 radical (unpaired) electrons. The molecule has 1 rings (SSSR count). The predicted octanol–water partition coefficient (Wildman–Crippen LogP) is 5.73. The Kier molecular flexibility index (Phi) is 8.72. The molecule has 1 unspecified atom stereocenters. The molecule has 158 valence electrons. The van der Waals surface area contributed by atoms with Crippen molar-refractivity contribution < 1.29 is 19.1 Å². The van der Waals surface area contributed by atoms with E-state index in [-0.39, 0.29) is 30.4 Å². The highest BCUT2D eigenvalue weighted by atomic mass is 16.6. The van der Waals surface area contributed by atoms with Crippen molar-refractivity contribution in [2.45, 2.75) is 92.8 Å². The summed E-state index contributed by atoms with van der Waals surface area (Å²) in [5.41, 5.74) is 3.10. The van der Waals surface area contributed by atoms with Gasteiger partial charge in [0.05, 0.1) is 12.3 Å². The maximum Gasteiger partial charge on any atom is 0.309 e. The van der Waals surface area contributed by atoms with Gasteiger partial charge in [-0.2, -0.15) is 0 Å². The number of carbonyl (C=O) groups is 2. The standard InChI is InChI=1S/C24H38O4/c1-10-16(3)22(20-12-11-15(2)13-17(20)4)19(6)27-23(26)18(5)14-21(25)28-24(7,8)9/h11-13,16,18-19,22H,10,14H2,1-9H3/t16?,18-,19+,22+/m1/s1. The first-order valence-electron chi connectivity index (χ1n) is 10.3. The lowest BCUT2D eigenvalue weighted by atomic mass is 9.80. The fourth-order valence-corrected chi connectivity index (χ4v) is 3.56. The number of ether oxygens (including phenoxy) is 2. The molecule has 0 spiro atoms. The Bertz CT molecular complexity index is 672. The van der Waals surface area contributed by atoms with Gasteiger partial charge >= 0.3 is 11.9 Å². The molecule has 0 saturated carbocycles. The number of carbonyl (C=O) groups excluding carboxylic acids is 2. The number of hydrogen-bond acceptors (Lipinski definition) is 4. The van der Waals surface area contributed by atoms with Crippen LogP contribution in [0.3, 0.4) is 0 Å². The lowest BCUT2D eigenvalue weighted by Gasteiger charge is -2.31. The van der Waals surface area contributed by atoms with E-state index in [1.54, 1.807) is 6.92 Å². The van der Waals surface area contributed by atoms with E-state index in [2.05, 4.69) is 45.9 Å². The molecular formula is C24H38O4. The molecule has 4 atom stereocenters. The number of esters is 2. The lowest BCUT2D eigenvalue weighted by Crippen LogP contribution is -2.31. The summed E-state index contributed by atoms with van der Waals surface area (Å²) in [6, 6.07) is 6.43. The summed E-state index contributed by atoms with van der Waals surface area (Å²) in [5.74, 6) is -0.781. The van der Waals surface area contributed by atoms with E-state index in [9.17, 15) is 9.59 Å². The predicted molar refractivity (Wildman–Crippen MR) is 113 cm³/mol. The summed E-state index contributed by atoms with van der Waals surface area (Å²) in [4.78, 5) is 24.6. The molecule has 0 N–H and O–H groups in total. The molecule has 0 aliphatic rings.